The molecule has 1 aliphatic carbocycles. The molecule has 0 amide bonds. The van der Waals surface area contributed by atoms with Crippen LogP contribution in [0.25, 0.3) is 11.1 Å². The van der Waals surface area contributed by atoms with Crippen LogP contribution in [0.5, 0.6) is 0 Å². The summed E-state index contributed by atoms with van der Waals surface area (Å²) in [6, 6.07) is 8.52. The molecule has 0 radical (unpaired) electrons. The maximum atomic E-state index is 5.04. The lowest BCUT2D eigenvalue weighted by molar-refractivity contribution is 0.421. The second-order valence-electron chi connectivity index (χ2n) is 8.88. The minimum absolute atomic E-state index is 0.423. The van der Waals surface area contributed by atoms with Gasteiger partial charge < -0.3 is 10.6 Å². The summed E-state index contributed by atoms with van der Waals surface area (Å²) in [6.45, 7) is 9.59. The van der Waals surface area contributed by atoms with E-state index >= 15 is 0 Å². The van der Waals surface area contributed by atoms with Crippen LogP contribution in [-0.2, 0) is 26.6 Å². The van der Waals surface area contributed by atoms with Gasteiger partial charge in [0.25, 0.3) is 0 Å². The van der Waals surface area contributed by atoms with Gasteiger partial charge in [-0.3, -0.25) is 9.36 Å². The summed E-state index contributed by atoms with van der Waals surface area (Å²) in [5.74, 6) is 0.984. The lowest BCUT2D eigenvalue weighted by Gasteiger charge is -2.13. The van der Waals surface area contributed by atoms with Gasteiger partial charge in [0.1, 0.15) is 0 Å². The Bertz CT molecular complexity index is 978. The van der Waals surface area contributed by atoms with Gasteiger partial charge in [0.2, 0.25) is 0 Å². The Morgan fingerprint density at radius 2 is 1.87 bits per heavy atom. The molecule has 1 aliphatic rings. The van der Waals surface area contributed by atoms with Crippen LogP contribution in [0.3, 0.4) is 0 Å². The third-order valence-corrected chi connectivity index (χ3v) is 6.03. The van der Waals surface area contributed by atoms with Crippen LogP contribution in [0, 0.1) is 5.41 Å². The fourth-order valence-electron chi connectivity index (χ4n) is 3.90. The van der Waals surface area contributed by atoms with E-state index in [9.17, 15) is 0 Å². The Hall–Kier alpha value is -2.60. The molecule has 0 aliphatic heterocycles. The van der Waals surface area contributed by atoms with Gasteiger partial charge in [-0.2, -0.15) is 10.2 Å². The van der Waals surface area contributed by atoms with Gasteiger partial charge in [0.05, 0.1) is 6.20 Å². The van der Waals surface area contributed by atoms with Gasteiger partial charge in [-0.15, -0.1) is 0 Å². The average molecular weight is 407 g/mol. The molecule has 2 aromatic heterocycles. The zero-order valence-corrected chi connectivity index (χ0v) is 18.7. The van der Waals surface area contributed by atoms with E-state index in [2.05, 4.69) is 65.5 Å². The highest BCUT2D eigenvalue weighted by Crippen LogP contribution is 2.46. The number of aryl methyl sites for hydroxylation is 1. The third kappa shape index (κ3) is 4.59. The van der Waals surface area contributed by atoms with Gasteiger partial charge >= 0.3 is 0 Å². The van der Waals surface area contributed by atoms with Crippen molar-refractivity contribution in [2.24, 2.45) is 12.5 Å². The summed E-state index contributed by atoms with van der Waals surface area (Å²) in [5.41, 5.74) is 6.46. The summed E-state index contributed by atoms with van der Waals surface area (Å²) in [7, 11) is 1.94. The molecule has 0 atom stereocenters. The van der Waals surface area contributed by atoms with E-state index in [1.165, 1.54) is 29.7 Å². The molecule has 0 unspecified atom stereocenters. The smallest absolute Gasteiger partial charge is 0.157 e. The Labute approximate surface area is 179 Å². The number of aromatic nitrogens is 4. The van der Waals surface area contributed by atoms with E-state index in [4.69, 9.17) is 5.10 Å². The zero-order chi connectivity index (χ0) is 21.1. The van der Waals surface area contributed by atoms with Gasteiger partial charge in [-0.05, 0) is 48.9 Å². The summed E-state index contributed by atoms with van der Waals surface area (Å²) in [6.07, 6.45) is 8.73. The van der Waals surface area contributed by atoms with E-state index in [1.54, 1.807) is 0 Å². The molecule has 1 saturated carbocycles. The summed E-state index contributed by atoms with van der Waals surface area (Å²) < 4.78 is 4.10. The fourth-order valence-corrected chi connectivity index (χ4v) is 3.90. The number of nitrogens with zero attached hydrogens (tertiary/aromatic N) is 4. The van der Waals surface area contributed by atoms with Crippen molar-refractivity contribution in [2.75, 3.05) is 11.9 Å². The van der Waals surface area contributed by atoms with Crippen LogP contribution < -0.4 is 10.6 Å². The molecule has 160 valence electrons. The number of rotatable bonds is 10. The Balaban J connectivity index is 1.60. The molecule has 0 spiro atoms. The van der Waals surface area contributed by atoms with Crippen LogP contribution in [0.1, 0.15) is 51.3 Å². The highest BCUT2D eigenvalue weighted by molar-refractivity contribution is 5.67. The lowest BCUT2D eigenvalue weighted by atomic mass is 10.1. The fraction of sp³-hybridized carbons (Fsp3) is 0.500. The lowest BCUT2D eigenvalue weighted by Crippen LogP contribution is -2.16. The van der Waals surface area contributed by atoms with E-state index in [0.29, 0.717) is 5.41 Å². The molecule has 1 aromatic carbocycles. The van der Waals surface area contributed by atoms with Crippen LogP contribution in [0.2, 0.25) is 0 Å². The van der Waals surface area contributed by atoms with Crippen molar-refractivity contribution >= 4 is 11.5 Å². The number of anilines is 2. The summed E-state index contributed by atoms with van der Waals surface area (Å²) in [4.78, 5) is 0. The van der Waals surface area contributed by atoms with Gasteiger partial charge in [-0.1, -0.05) is 39.3 Å². The predicted octanol–water partition coefficient (Wildman–Crippen LogP) is 4.89. The monoisotopic (exact) mass is 406 g/mol. The standard InChI is InChI=1S/C24H34N6/c1-5-7-22-21(15-25-6-2)23(28-30(22)17-24(3)12-13-24)27-20-10-8-18(9-11-20)19-14-26-29(4)16-19/h8-11,14,16,25H,5-7,12-13,15,17H2,1-4H3,(H,27,28). The van der Waals surface area contributed by atoms with Gasteiger partial charge in [0, 0.05) is 48.8 Å². The van der Waals surface area contributed by atoms with Crippen molar-refractivity contribution in [3.63, 3.8) is 0 Å². The molecule has 2 heterocycles. The molecular weight excluding hydrogens is 372 g/mol. The number of hydrogen-bond donors (Lipinski definition) is 2. The molecule has 0 bridgehead atoms. The van der Waals surface area contributed by atoms with Crippen molar-refractivity contribution in [3.8, 4) is 11.1 Å². The van der Waals surface area contributed by atoms with Crippen molar-refractivity contribution < 1.29 is 0 Å². The third-order valence-electron chi connectivity index (χ3n) is 6.03. The molecule has 1 fully saturated rings. The minimum atomic E-state index is 0.423. The molecular formula is C24H34N6. The predicted molar refractivity (Wildman–Crippen MR) is 123 cm³/mol. The van der Waals surface area contributed by atoms with Crippen molar-refractivity contribution in [1.82, 2.24) is 24.9 Å². The van der Waals surface area contributed by atoms with E-state index in [0.717, 1.165) is 49.5 Å². The van der Waals surface area contributed by atoms with Crippen molar-refractivity contribution in [1.29, 1.82) is 0 Å². The quantitative estimate of drug-likeness (QED) is 0.503. The maximum Gasteiger partial charge on any atom is 0.157 e. The normalized spacial score (nSPS) is 14.8. The molecule has 3 aromatic rings. The molecule has 0 saturated heterocycles. The highest BCUT2D eigenvalue weighted by Gasteiger charge is 2.38. The topological polar surface area (TPSA) is 59.7 Å². The molecule has 30 heavy (non-hydrogen) atoms. The second-order valence-corrected chi connectivity index (χ2v) is 8.88. The van der Waals surface area contributed by atoms with Crippen LogP contribution in [0.15, 0.2) is 36.7 Å². The Morgan fingerprint density at radius 3 is 2.47 bits per heavy atom. The Morgan fingerprint density at radius 1 is 1.10 bits per heavy atom. The van der Waals surface area contributed by atoms with E-state index < -0.39 is 0 Å². The second kappa shape index (κ2) is 8.64. The van der Waals surface area contributed by atoms with E-state index in [-0.39, 0.29) is 0 Å². The van der Waals surface area contributed by atoms with Crippen molar-refractivity contribution in [3.05, 3.63) is 47.9 Å². The highest BCUT2D eigenvalue weighted by atomic mass is 15.3. The van der Waals surface area contributed by atoms with E-state index in [1.807, 2.05) is 24.1 Å². The summed E-state index contributed by atoms with van der Waals surface area (Å²) >= 11 is 0. The number of hydrogen-bond acceptors (Lipinski definition) is 4. The van der Waals surface area contributed by atoms with Gasteiger partial charge in [-0.25, -0.2) is 0 Å². The first-order chi connectivity index (χ1) is 14.5. The van der Waals surface area contributed by atoms with Crippen LogP contribution in [0.4, 0.5) is 11.5 Å². The number of benzene rings is 1. The average Bonchev–Trinajstić information content (AvgIpc) is 3.16. The maximum absolute atomic E-state index is 5.04. The van der Waals surface area contributed by atoms with Crippen molar-refractivity contribution in [2.45, 2.75) is 59.5 Å². The SMILES string of the molecule is CCCc1c(CNCC)c(Nc2ccc(-c3cnn(C)c3)cc2)nn1CC1(C)CC1. The molecule has 6 heteroatoms. The van der Waals surface area contributed by atoms with Crippen LogP contribution >= 0.6 is 0 Å². The molecule has 4 rings (SSSR count). The zero-order valence-electron chi connectivity index (χ0n) is 18.7. The minimum Gasteiger partial charge on any atom is -0.338 e. The Kier molecular flexibility index (Phi) is 5.95. The first-order valence-electron chi connectivity index (χ1n) is 11.2. The number of nitrogens with one attached hydrogen (secondary N) is 2. The summed E-state index contributed by atoms with van der Waals surface area (Å²) in [5, 5.41) is 16.4. The first-order valence-corrected chi connectivity index (χ1v) is 11.2. The van der Waals surface area contributed by atoms with Crippen LogP contribution in [-0.4, -0.2) is 26.1 Å². The molecule has 2 N–H and O–H groups in total. The largest absolute Gasteiger partial charge is 0.338 e. The molecule has 6 nitrogen and oxygen atoms in total. The first kappa shape index (κ1) is 20.7. The van der Waals surface area contributed by atoms with Gasteiger partial charge in [0.15, 0.2) is 5.82 Å².